The molecule has 1 heterocycles. The van der Waals surface area contributed by atoms with Crippen LogP contribution in [0.25, 0.3) is 0 Å². The number of sulfone groups is 1. The average molecular weight is 240 g/mol. The molecule has 0 radical (unpaired) electrons. The molecular formula is C12H16O3S. The van der Waals surface area contributed by atoms with E-state index in [-0.39, 0.29) is 5.75 Å². The minimum absolute atomic E-state index is 0.279. The molecule has 2 rings (SSSR count). The minimum Gasteiger partial charge on any atom is -0.508 e. The second kappa shape index (κ2) is 4.45. The quantitative estimate of drug-likeness (QED) is 0.857. The molecule has 0 bridgehead atoms. The van der Waals surface area contributed by atoms with Crippen molar-refractivity contribution >= 4 is 9.84 Å². The number of rotatable bonds is 2. The lowest BCUT2D eigenvalue weighted by Crippen LogP contribution is -2.24. The van der Waals surface area contributed by atoms with E-state index in [1.807, 2.05) is 12.1 Å². The fourth-order valence-electron chi connectivity index (χ4n) is 2.16. The van der Waals surface area contributed by atoms with Gasteiger partial charge in [-0.1, -0.05) is 12.1 Å². The van der Waals surface area contributed by atoms with E-state index in [0.717, 1.165) is 24.8 Å². The van der Waals surface area contributed by atoms with Crippen molar-refractivity contribution in [2.75, 3.05) is 11.5 Å². The Balaban J connectivity index is 1.97. The third kappa shape index (κ3) is 2.98. The average Bonchev–Trinajstić information content (AvgIpc) is 2.21. The van der Waals surface area contributed by atoms with E-state index in [1.165, 1.54) is 0 Å². The van der Waals surface area contributed by atoms with Gasteiger partial charge in [0.1, 0.15) is 15.6 Å². The zero-order valence-electron chi connectivity index (χ0n) is 9.09. The standard InChI is InChI=1S/C12H16O3S/c13-12-3-1-2-11(9-12)8-10-4-6-16(14,15)7-5-10/h1-3,9-10,13H,4-8H2. The largest absolute Gasteiger partial charge is 0.508 e. The van der Waals surface area contributed by atoms with Crippen LogP contribution in [0.3, 0.4) is 0 Å². The molecule has 0 spiro atoms. The van der Waals surface area contributed by atoms with Gasteiger partial charge in [0, 0.05) is 0 Å². The van der Waals surface area contributed by atoms with Crippen molar-refractivity contribution in [1.82, 2.24) is 0 Å². The van der Waals surface area contributed by atoms with Crippen LogP contribution < -0.4 is 0 Å². The molecule has 16 heavy (non-hydrogen) atoms. The Hall–Kier alpha value is -1.03. The first-order chi connectivity index (χ1) is 7.55. The van der Waals surface area contributed by atoms with Gasteiger partial charge >= 0.3 is 0 Å². The van der Waals surface area contributed by atoms with Gasteiger partial charge in [0.25, 0.3) is 0 Å². The van der Waals surface area contributed by atoms with E-state index < -0.39 is 9.84 Å². The summed E-state index contributed by atoms with van der Waals surface area (Å²) in [5.41, 5.74) is 1.09. The Morgan fingerprint density at radius 2 is 1.94 bits per heavy atom. The lowest BCUT2D eigenvalue weighted by molar-refractivity contribution is 0.456. The van der Waals surface area contributed by atoms with Crippen LogP contribution in [0.1, 0.15) is 18.4 Å². The van der Waals surface area contributed by atoms with Crippen molar-refractivity contribution in [3.05, 3.63) is 29.8 Å². The van der Waals surface area contributed by atoms with Crippen LogP contribution in [0.15, 0.2) is 24.3 Å². The summed E-state index contributed by atoms with van der Waals surface area (Å²) in [6.45, 7) is 0. The highest BCUT2D eigenvalue weighted by Crippen LogP contribution is 2.24. The Labute approximate surface area is 96.0 Å². The highest BCUT2D eigenvalue weighted by atomic mass is 32.2. The number of hydrogen-bond acceptors (Lipinski definition) is 3. The smallest absolute Gasteiger partial charge is 0.150 e. The summed E-state index contributed by atoms with van der Waals surface area (Å²) in [7, 11) is -2.77. The molecule has 0 aromatic heterocycles. The Morgan fingerprint density at radius 3 is 2.56 bits per heavy atom. The summed E-state index contributed by atoms with van der Waals surface area (Å²) in [6.07, 6.45) is 2.36. The van der Waals surface area contributed by atoms with Crippen LogP contribution in [0.2, 0.25) is 0 Å². The van der Waals surface area contributed by atoms with Crippen LogP contribution in [-0.4, -0.2) is 25.0 Å². The monoisotopic (exact) mass is 240 g/mol. The highest BCUT2D eigenvalue weighted by Gasteiger charge is 2.23. The van der Waals surface area contributed by atoms with Gasteiger partial charge in [-0.25, -0.2) is 8.42 Å². The molecule has 1 aromatic carbocycles. The van der Waals surface area contributed by atoms with Crippen LogP contribution in [0.5, 0.6) is 5.75 Å². The molecule has 3 nitrogen and oxygen atoms in total. The van der Waals surface area contributed by atoms with Gasteiger partial charge in [-0.3, -0.25) is 0 Å². The van der Waals surface area contributed by atoms with E-state index in [2.05, 4.69) is 0 Å². The van der Waals surface area contributed by atoms with Gasteiger partial charge in [-0.05, 0) is 42.9 Å². The number of phenols is 1. The Bertz CT molecular complexity index is 451. The van der Waals surface area contributed by atoms with E-state index in [0.29, 0.717) is 17.4 Å². The molecule has 88 valence electrons. The summed E-state index contributed by atoms with van der Waals surface area (Å²) in [6, 6.07) is 7.20. The molecule has 1 aliphatic heterocycles. The van der Waals surface area contributed by atoms with Crippen LogP contribution >= 0.6 is 0 Å². The molecule has 0 amide bonds. The van der Waals surface area contributed by atoms with Crippen LogP contribution in [-0.2, 0) is 16.3 Å². The first-order valence-corrected chi connectivity index (χ1v) is 7.36. The third-order valence-corrected chi connectivity index (χ3v) is 4.82. The summed E-state index contributed by atoms with van der Waals surface area (Å²) in [5, 5.41) is 9.33. The lowest BCUT2D eigenvalue weighted by atomic mass is 9.94. The molecule has 4 heteroatoms. The van der Waals surface area contributed by atoms with Gasteiger partial charge in [0.2, 0.25) is 0 Å². The number of hydrogen-bond donors (Lipinski definition) is 1. The van der Waals surface area contributed by atoms with Crippen LogP contribution in [0.4, 0.5) is 0 Å². The van der Waals surface area contributed by atoms with Crippen molar-refractivity contribution in [2.45, 2.75) is 19.3 Å². The zero-order valence-corrected chi connectivity index (χ0v) is 9.91. The van der Waals surface area contributed by atoms with Gasteiger partial charge in [0.05, 0.1) is 11.5 Å². The molecule has 1 fully saturated rings. The SMILES string of the molecule is O=S1(=O)CCC(Cc2cccc(O)c2)CC1. The second-order valence-electron chi connectivity index (χ2n) is 4.47. The normalized spacial score (nSPS) is 20.8. The molecular weight excluding hydrogens is 224 g/mol. The van der Waals surface area contributed by atoms with Crippen LogP contribution in [0, 0.1) is 5.92 Å². The summed E-state index contributed by atoms with van der Waals surface area (Å²) < 4.78 is 22.5. The number of phenolic OH excluding ortho intramolecular Hbond substituents is 1. The number of benzene rings is 1. The van der Waals surface area contributed by atoms with E-state index in [9.17, 15) is 13.5 Å². The molecule has 1 saturated heterocycles. The van der Waals surface area contributed by atoms with Gasteiger partial charge in [0.15, 0.2) is 0 Å². The maximum atomic E-state index is 11.3. The molecule has 1 aromatic rings. The molecule has 1 aliphatic rings. The Morgan fingerprint density at radius 1 is 1.25 bits per heavy atom. The maximum absolute atomic E-state index is 11.3. The lowest BCUT2D eigenvalue weighted by Gasteiger charge is -2.21. The van der Waals surface area contributed by atoms with Gasteiger partial charge < -0.3 is 5.11 Å². The summed E-state index contributed by atoms with van der Waals surface area (Å²) >= 11 is 0. The summed E-state index contributed by atoms with van der Waals surface area (Å²) in [4.78, 5) is 0. The molecule has 0 saturated carbocycles. The van der Waals surface area contributed by atoms with Crippen molar-refractivity contribution in [1.29, 1.82) is 0 Å². The van der Waals surface area contributed by atoms with Crippen molar-refractivity contribution in [2.24, 2.45) is 5.92 Å². The molecule has 0 atom stereocenters. The highest BCUT2D eigenvalue weighted by molar-refractivity contribution is 7.91. The first-order valence-electron chi connectivity index (χ1n) is 5.53. The van der Waals surface area contributed by atoms with Crippen molar-refractivity contribution < 1.29 is 13.5 Å². The molecule has 0 aliphatic carbocycles. The first kappa shape index (κ1) is 11.5. The Kier molecular flexibility index (Phi) is 3.19. The van der Waals surface area contributed by atoms with E-state index in [4.69, 9.17) is 0 Å². The third-order valence-electron chi connectivity index (χ3n) is 3.11. The maximum Gasteiger partial charge on any atom is 0.150 e. The second-order valence-corrected chi connectivity index (χ2v) is 6.77. The molecule has 1 N–H and O–H groups in total. The fraction of sp³-hybridized carbons (Fsp3) is 0.500. The predicted molar refractivity (Wildman–Crippen MR) is 63.2 cm³/mol. The fourth-order valence-corrected chi connectivity index (χ4v) is 3.75. The topological polar surface area (TPSA) is 54.4 Å². The van der Waals surface area contributed by atoms with Crippen molar-refractivity contribution in [3.63, 3.8) is 0 Å². The minimum atomic E-state index is -2.77. The number of aromatic hydroxyl groups is 1. The van der Waals surface area contributed by atoms with E-state index >= 15 is 0 Å². The summed E-state index contributed by atoms with van der Waals surface area (Å²) in [5.74, 6) is 1.35. The van der Waals surface area contributed by atoms with Crippen molar-refractivity contribution in [3.8, 4) is 5.75 Å². The predicted octanol–water partition coefficient (Wildman–Crippen LogP) is 1.76. The zero-order chi connectivity index (χ0) is 11.6. The van der Waals surface area contributed by atoms with Gasteiger partial charge in [-0.15, -0.1) is 0 Å². The molecule has 0 unspecified atom stereocenters. The van der Waals surface area contributed by atoms with E-state index in [1.54, 1.807) is 12.1 Å². The van der Waals surface area contributed by atoms with Gasteiger partial charge in [-0.2, -0.15) is 0 Å².